The van der Waals surface area contributed by atoms with Gasteiger partial charge in [0.2, 0.25) is 0 Å². The molecular weight excluding hydrogens is 404 g/mol. The number of hydrogen-bond donors (Lipinski definition) is 3. The van der Waals surface area contributed by atoms with Crippen LogP contribution < -0.4 is 16.1 Å². The van der Waals surface area contributed by atoms with E-state index in [-0.39, 0.29) is 0 Å². The Morgan fingerprint density at radius 2 is 2.11 bits per heavy atom. The maximum Gasteiger partial charge on any atom is 0.189 e. The Labute approximate surface area is 172 Å². The summed E-state index contributed by atoms with van der Waals surface area (Å²) in [6.45, 7) is 5.19. The first-order chi connectivity index (χ1) is 13.2. The number of nitrogens with zero attached hydrogens (tertiary/aromatic N) is 3. The van der Waals surface area contributed by atoms with Crippen molar-refractivity contribution in [3.8, 4) is 0 Å². The third kappa shape index (κ3) is 6.71. The molecule has 0 spiro atoms. The molecule has 3 N–H and O–H groups in total. The number of thiocarbonyl (C=S) groups is 1. The monoisotopic (exact) mass is 424 g/mol. The first-order valence-corrected chi connectivity index (χ1v) is 10.2. The number of hydrazone groups is 1. The molecule has 1 fully saturated rings. The summed E-state index contributed by atoms with van der Waals surface area (Å²) in [7, 11) is 0. The average Bonchev–Trinajstić information content (AvgIpc) is 3.02. The second-order valence-electron chi connectivity index (χ2n) is 5.75. The minimum Gasteiger partial charge on any atom is -0.379 e. The molecule has 0 saturated carbocycles. The number of aromatic nitrogens is 1. The molecule has 1 aromatic heterocycles. The Bertz CT molecular complexity index is 764. The van der Waals surface area contributed by atoms with Crippen molar-refractivity contribution in [1.29, 1.82) is 0 Å². The fourth-order valence-electron chi connectivity index (χ4n) is 2.43. The molecule has 1 saturated heterocycles. The summed E-state index contributed by atoms with van der Waals surface area (Å²) in [4.78, 5) is 7.38. The third-order valence-electron chi connectivity index (χ3n) is 3.80. The number of anilines is 2. The van der Waals surface area contributed by atoms with Gasteiger partial charge >= 0.3 is 0 Å². The molecule has 0 unspecified atom stereocenters. The fourth-order valence-corrected chi connectivity index (χ4v) is 3.64. The van der Waals surface area contributed by atoms with Crippen molar-refractivity contribution < 1.29 is 4.74 Å². The van der Waals surface area contributed by atoms with E-state index in [1.807, 2.05) is 30.3 Å². The van der Waals surface area contributed by atoms with Crippen LogP contribution in [0, 0.1) is 0 Å². The Balaban J connectivity index is 1.41. The van der Waals surface area contributed by atoms with Gasteiger partial charge in [-0.25, -0.2) is 4.98 Å². The molecule has 2 aromatic rings. The van der Waals surface area contributed by atoms with Gasteiger partial charge in [0, 0.05) is 31.9 Å². The number of hydrogen-bond acceptors (Lipinski definition) is 7. The van der Waals surface area contributed by atoms with Crippen LogP contribution in [-0.4, -0.2) is 60.6 Å². The summed E-state index contributed by atoms with van der Waals surface area (Å²) in [5, 5.41) is 12.1. The Kier molecular flexibility index (Phi) is 7.79. The summed E-state index contributed by atoms with van der Waals surface area (Å²) < 4.78 is 5.33. The largest absolute Gasteiger partial charge is 0.379 e. The molecule has 27 heavy (non-hydrogen) atoms. The van der Waals surface area contributed by atoms with E-state index in [1.165, 1.54) is 11.3 Å². The molecule has 144 valence electrons. The van der Waals surface area contributed by atoms with Crippen molar-refractivity contribution in [2.75, 3.05) is 44.7 Å². The minimum absolute atomic E-state index is 0.398. The van der Waals surface area contributed by atoms with Gasteiger partial charge in [-0.3, -0.25) is 10.3 Å². The standard InChI is InChI=1S/C17H21ClN6OS2/c18-15-14(27-17(22-15)21-13-4-2-1-3-5-13)12-20-23-16(26)19-6-7-24-8-10-25-11-9-24/h1-5,12H,6-11H2,(H,21,22)(H2,19,23,26)/b20-12+. The summed E-state index contributed by atoms with van der Waals surface area (Å²) >= 11 is 12.8. The molecule has 0 radical (unpaired) electrons. The van der Waals surface area contributed by atoms with Crippen molar-refractivity contribution in [3.05, 3.63) is 40.4 Å². The number of morpholine rings is 1. The number of ether oxygens (including phenoxy) is 1. The Morgan fingerprint density at radius 3 is 2.89 bits per heavy atom. The van der Waals surface area contributed by atoms with Crippen molar-refractivity contribution in [1.82, 2.24) is 20.6 Å². The minimum atomic E-state index is 0.398. The molecule has 2 heterocycles. The lowest BCUT2D eigenvalue weighted by Crippen LogP contribution is -2.42. The van der Waals surface area contributed by atoms with Gasteiger partial charge in [0.1, 0.15) is 0 Å². The fraction of sp³-hybridized carbons (Fsp3) is 0.353. The maximum absolute atomic E-state index is 6.17. The van der Waals surface area contributed by atoms with Crippen molar-refractivity contribution in [2.24, 2.45) is 5.10 Å². The van der Waals surface area contributed by atoms with E-state index < -0.39 is 0 Å². The molecule has 0 aliphatic carbocycles. The van der Waals surface area contributed by atoms with Gasteiger partial charge in [-0.05, 0) is 24.4 Å². The Morgan fingerprint density at radius 1 is 1.33 bits per heavy atom. The van der Waals surface area contributed by atoms with E-state index in [2.05, 4.69) is 31.0 Å². The van der Waals surface area contributed by atoms with Crippen molar-refractivity contribution in [2.45, 2.75) is 0 Å². The number of benzene rings is 1. The van der Waals surface area contributed by atoms with Crippen LogP contribution in [0.1, 0.15) is 4.88 Å². The second-order valence-corrected chi connectivity index (χ2v) is 7.54. The quantitative estimate of drug-likeness (QED) is 0.358. The van der Waals surface area contributed by atoms with Crippen LogP contribution in [0.2, 0.25) is 5.15 Å². The van der Waals surface area contributed by atoms with E-state index in [0.717, 1.165) is 50.0 Å². The molecule has 3 rings (SSSR count). The molecule has 10 heteroatoms. The zero-order valence-electron chi connectivity index (χ0n) is 14.7. The number of para-hydroxylation sites is 1. The maximum atomic E-state index is 6.17. The third-order valence-corrected chi connectivity index (χ3v) is 5.34. The summed E-state index contributed by atoms with van der Waals surface area (Å²) in [6.07, 6.45) is 1.62. The van der Waals surface area contributed by atoms with Gasteiger partial charge < -0.3 is 15.4 Å². The second kappa shape index (κ2) is 10.5. The number of nitrogens with one attached hydrogen (secondary N) is 3. The van der Waals surface area contributed by atoms with E-state index >= 15 is 0 Å². The highest BCUT2D eigenvalue weighted by Crippen LogP contribution is 2.27. The van der Waals surface area contributed by atoms with Crippen LogP contribution in [-0.2, 0) is 4.74 Å². The normalized spacial score (nSPS) is 15.0. The van der Waals surface area contributed by atoms with Crippen molar-refractivity contribution in [3.63, 3.8) is 0 Å². The van der Waals surface area contributed by atoms with Crippen LogP contribution in [0.3, 0.4) is 0 Å². The zero-order valence-corrected chi connectivity index (χ0v) is 17.0. The lowest BCUT2D eigenvalue weighted by Gasteiger charge is -2.26. The summed E-state index contributed by atoms with van der Waals surface area (Å²) in [6, 6.07) is 9.80. The smallest absolute Gasteiger partial charge is 0.189 e. The highest BCUT2D eigenvalue weighted by Gasteiger charge is 2.10. The number of halogens is 1. The van der Waals surface area contributed by atoms with Gasteiger partial charge in [-0.1, -0.05) is 41.1 Å². The SMILES string of the molecule is S=C(NCCN1CCOCC1)N/N=C/c1sc(Nc2ccccc2)nc1Cl. The van der Waals surface area contributed by atoms with Gasteiger partial charge in [0.15, 0.2) is 15.4 Å². The highest BCUT2D eigenvalue weighted by molar-refractivity contribution is 7.80. The molecule has 1 aliphatic rings. The van der Waals surface area contributed by atoms with Crippen LogP contribution in [0.4, 0.5) is 10.8 Å². The van der Waals surface area contributed by atoms with Crippen LogP contribution in [0.25, 0.3) is 0 Å². The molecule has 0 amide bonds. The van der Waals surface area contributed by atoms with Crippen molar-refractivity contribution >= 4 is 57.3 Å². The predicted molar refractivity (Wildman–Crippen MR) is 115 cm³/mol. The molecule has 1 aromatic carbocycles. The topological polar surface area (TPSA) is 73.8 Å². The van der Waals surface area contributed by atoms with Crippen LogP contribution in [0.15, 0.2) is 35.4 Å². The number of thiazole rings is 1. The van der Waals surface area contributed by atoms with Crippen LogP contribution in [0.5, 0.6) is 0 Å². The predicted octanol–water partition coefficient (Wildman–Crippen LogP) is 2.67. The van der Waals surface area contributed by atoms with E-state index in [0.29, 0.717) is 15.4 Å². The molecule has 0 atom stereocenters. The van der Waals surface area contributed by atoms with E-state index in [1.54, 1.807) is 6.21 Å². The van der Waals surface area contributed by atoms with Gasteiger partial charge in [0.25, 0.3) is 0 Å². The summed E-state index contributed by atoms with van der Waals surface area (Å²) in [5.74, 6) is 0. The molecule has 7 nitrogen and oxygen atoms in total. The lowest BCUT2D eigenvalue weighted by molar-refractivity contribution is 0.0389. The number of rotatable bonds is 7. The molecule has 1 aliphatic heterocycles. The highest BCUT2D eigenvalue weighted by atomic mass is 35.5. The first-order valence-electron chi connectivity index (χ1n) is 8.56. The summed E-state index contributed by atoms with van der Waals surface area (Å²) in [5.41, 5.74) is 3.76. The van der Waals surface area contributed by atoms with E-state index in [9.17, 15) is 0 Å². The van der Waals surface area contributed by atoms with Gasteiger partial charge in [-0.15, -0.1) is 0 Å². The zero-order chi connectivity index (χ0) is 18.9. The molecule has 0 bridgehead atoms. The van der Waals surface area contributed by atoms with Crippen LogP contribution >= 0.6 is 35.2 Å². The van der Waals surface area contributed by atoms with Gasteiger partial charge in [0.05, 0.1) is 24.3 Å². The Hall–Kier alpha value is -1.78. The molecular formula is C17H21ClN6OS2. The van der Waals surface area contributed by atoms with Gasteiger partial charge in [-0.2, -0.15) is 5.10 Å². The lowest BCUT2D eigenvalue weighted by atomic mass is 10.3. The first kappa shape index (κ1) is 20.0. The average molecular weight is 425 g/mol. The van der Waals surface area contributed by atoms with E-state index in [4.69, 9.17) is 28.6 Å².